The lowest BCUT2D eigenvalue weighted by Crippen LogP contribution is -2.17. The molecule has 0 amide bonds. The maximum absolute atomic E-state index is 3.91. The molecule has 0 aliphatic heterocycles. The van der Waals surface area contributed by atoms with E-state index in [1.54, 1.807) is 0 Å². The second-order valence-corrected chi connectivity index (χ2v) is 4.85. The first kappa shape index (κ1) is 12.2. The molecule has 90 valence electrons. The Kier molecular flexibility index (Phi) is 4.23. The van der Waals surface area contributed by atoms with Crippen molar-refractivity contribution >= 4 is 11.5 Å². The Balaban J connectivity index is 2.07. The molecule has 2 rings (SSSR count). The van der Waals surface area contributed by atoms with Crippen LogP contribution in [0.5, 0.6) is 0 Å². The van der Waals surface area contributed by atoms with Gasteiger partial charge in [0.2, 0.25) is 0 Å². The van der Waals surface area contributed by atoms with E-state index in [1.807, 2.05) is 13.2 Å². The van der Waals surface area contributed by atoms with E-state index < -0.39 is 0 Å². The third kappa shape index (κ3) is 3.11. The highest BCUT2D eigenvalue weighted by atomic mass is 32.1. The van der Waals surface area contributed by atoms with Gasteiger partial charge in [-0.3, -0.25) is 0 Å². The van der Waals surface area contributed by atoms with E-state index in [1.165, 1.54) is 27.5 Å². The zero-order valence-electron chi connectivity index (χ0n) is 10.2. The van der Waals surface area contributed by atoms with E-state index in [2.05, 4.69) is 46.1 Å². The Morgan fingerprint density at radius 3 is 2.47 bits per heavy atom. The Morgan fingerprint density at radius 1 is 1.24 bits per heavy atom. The third-order valence-electron chi connectivity index (χ3n) is 2.94. The molecule has 17 heavy (non-hydrogen) atoms. The highest BCUT2D eigenvalue weighted by molar-refractivity contribution is 7.05. The van der Waals surface area contributed by atoms with Crippen molar-refractivity contribution in [2.24, 2.45) is 0 Å². The van der Waals surface area contributed by atoms with Gasteiger partial charge < -0.3 is 5.32 Å². The van der Waals surface area contributed by atoms with Gasteiger partial charge in [0.25, 0.3) is 0 Å². The topological polar surface area (TPSA) is 37.8 Å². The van der Waals surface area contributed by atoms with Crippen molar-refractivity contribution in [3.63, 3.8) is 0 Å². The van der Waals surface area contributed by atoms with Crippen LogP contribution in [0.3, 0.4) is 0 Å². The number of hydrogen-bond acceptors (Lipinski definition) is 4. The average Bonchev–Trinajstić information content (AvgIpc) is 2.90. The summed E-state index contributed by atoms with van der Waals surface area (Å²) in [5.74, 6) is 0. The van der Waals surface area contributed by atoms with E-state index in [4.69, 9.17) is 0 Å². The second kappa shape index (κ2) is 5.89. The van der Waals surface area contributed by atoms with Gasteiger partial charge in [0, 0.05) is 6.04 Å². The molecule has 1 unspecified atom stereocenters. The monoisotopic (exact) mass is 247 g/mol. The van der Waals surface area contributed by atoms with E-state index in [9.17, 15) is 0 Å². The molecule has 0 spiro atoms. The van der Waals surface area contributed by atoms with Gasteiger partial charge in [0.15, 0.2) is 0 Å². The van der Waals surface area contributed by atoms with Gasteiger partial charge in [-0.1, -0.05) is 35.7 Å². The molecule has 1 N–H and O–H groups in total. The van der Waals surface area contributed by atoms with Crippen LogP contribution < -0.4 is 5.32 Å². The number of benzene rings is 1. The molecule has 1 atom stereocenters. The van der Waals surface area contributed by atoms with Crippen LogP contribution in [0.25, 0.3) is 0 Å². The fraction of sp³-hybridized carbons (Fsp3) is 0.385. The molecular formula is C13H17N3S. The highest BCUT2D eigenvalue weighted by Gasteiger charge is 2.12. The summed E-state index contributed by atoms with van der Waals surface area (Å²) in [5, 5.41) is 7.20. The van der Waals surface area contributed by atoms with Gasteiger partial charge in [-0.15, -0.1) is 5.10 Å². The summed E-state index contributed by atoms with van der Waals surface area (Å²) in [6.07, 6.45) is 3.91. The predicted octanol–water partition coefficient (Wildman–Crippen LogP) is 2.60. The molecule has 1 aromatic carbocycles. The quantitative estimate of drug-likeness (QED) is 0.882. The molecule has 0 fully saturated rings. The van der Waals surface area contributed by atoms with Crippen LogP contribution >= 0.6 is 11.5 Å². The van der Waals surface area contributed by atoms with Gasteiger partial charge in [0.05, 0.1) is 11.1 Å². The Labute approximate surface area is 106 Å². The molecular weight excluding hydrogens is 230 g/mol. The molecule has 1 heterocycles. The molecule has 0 bridgehead atoms. The standard InChI is InChI=1S/C13H17N3S/c1-3-10-4-6-11(7-5-10)8-12(14-2)13-9-15-16-17-13/h4-7,9,12,14H,3,8H2,1-2H3. The van der Waals surface area contributed by atoms with E-state index >= 15 is 0 Å². The minimum absolute atomic E-state index is 0.308. The van der Waals surface area contributed by atoms with Crippen molar-refractivity contribution in [2.45, 2.75) is 25.8 Å². The Bertz CT molecular complexity index is 436. The number of likely N-dealkylation sites (N-methyl/N-ethyl adjacent to an activating group) is 1. The van der Waals surface area contributed by atoms with Gasteiger partial charge in [0.1, 0.15) is 0 Å². The zero-order chi connectivity index (χ0) is 12.1. The normalized spacial score (nSPS) is 12.6. The van der Waals surface area contributed by atoms with Crippen LogP contribution in [0.1, 0.15) is 29.0 Å². The first-order valence-corrected chi connectivity index (χ1v) is 6.63. The van der Waals surface area contributed by atoms with Gasteiger partial charge in [-0.05, 0) is 42.5 Å². The van der Waals surface area contributed by atoms with Crippen molar-refractivity contribution in [3.8, 4) is 0 Å². The summed E-state index contributed by atoms with van der Waals surface area (Å²) in [4.78, 5) is 1.19. The number of nitrogens with zero attached hydrogens (tertiary/aromatic N) is 2. The lowest BCUT2D eigenvalue weighted by molar-refractivity contribution is 0.601. The largest absolute Gasteiger partial charge is 0.312 e. The molecule has 0 saturated carbocycles. The summed E-state index contributed by atoms with van der Waals surface area (Å²) < 4.78 is 3.91. The molecule has 1 aromatic heterocycles. The lowest BCUT2D eigenvalue weighted by atomic mass is 10.0. The molecule has 2 aromatic rings. The Morgan fingerprint density at radius 2 is 1.94 bits per heavy atom. The van der Waals surface area contributed by atoms with E-state index in [-0.39, 0.29) is 0 Å². The maximum atomic E-state index is 3.91. The van der Waals surface area contributed by atoms with Crippen molar-refractivity contribution in [1.29, 1.82) is 0 Å². The van der Waals surface area contributed by atoms with Crippen molar-refractivity contribution in [2.75, 3.05) is 7.05 Å². The van der Waals surface area contributed by atoms with Crippen molar-refractivity contribution in [3.05, 3.63) is 46.5 Å². The van der Waals surface area contributed by atoms with E-state index in [0.29, 0.717) is 6.04 Å². The van der Waals surface area contributed by atoms with Crippen LogP contribution in [0, 0.1) is 0 Å². The number of rotatable bonds is 5. The van der Waals surface area contributed by atoms with Crippen LogP contribution in [-0.4, -0.2) is 16.6 Å². The zero-order valence-corrected chi connectivity index (χ0v) is 11.0. The van der Waals surface area contributed by atoms with E-state index in [0.717, 1.165) is 12.8 Å². The van der Waals surface area contributed by atoms with Crippen molar-refractivity contribution < 1.29 is 0 Å². The minimum Gasteiger partial charge on any atom is -0.312 e. The summed E-state index contributed by atoms with van der Waals surface area (Å²) in [6, 6.07) is 9.12. The SMILES string of the molecule is CCc1ccc(CC(NC)c2cnns2)cc1. The summed E-state index contributed by atoms with van der Waals surface area (Å²) in [5.41, 5.74) is 2.73. The first-order valence-electron chi connectivity index (χ1n) is 5.85. The Hall–Kier alpha value is -1.26. The fourth-order valence-corrected chi connectivity index (χ4v) is 2.43. The number of aryl methyl sites for hydroxylation is 1. The smallest absolute Gasteiger partial charge is 0.0669 e. The molecule has 0 saturated heterocycles. The number of nitrogens with one attached hydrogen (secondary N) is 1. The van der Waals surface area contributed by atoms with Gasteiger partial charge >= 0.3 is 0 Å². The average molecular weight is 247 g/mol. The molecule has 4 heteroatoms. The van der Waals surface area contributed by atoms with Crippen LogP contribution in [0.15, 0.2) is 30.5 Å². The highest BCUT2D eigenvalue weighted by Crippen LogP contribution is 2.20. The fourth-order valence-electron chi connectivity index (χ4n) is 1.82. The second-order valence-electron chi connectivity index (χ2n) is 4.04. The lowest BCUT2D eigenvalue weighted by Gasteiger charge is -2.13. The molecule has 0 radical (unpaired) electrons. The predicted molar refractivity (Wildman–Crippen MR) is 71.2 cm³/mol. The number of hydrogen-bond donors (Lipinski definition) is 1. The van der Waals surface area contributed by atoms with Crippen LogP contribution in [0.4, 0.5) is 0 Å². The van der Waals surface area contributed by atoms with Gasteiger partial charge in [-0.2, -0.15) is 0 Å². The van der Waals surface area contributed by atoms with Gasteiger partial charge in [-0.25, -0.2) is 0 Å². The summed E-state index contributed by atoms with van der Waals surface area (Å²) in [6.45, 7) is 2.17. The van der Waals surface area contributed by atoms with Crippen LogP contribution in [-0.2, 0) is 12.8 Å². The summed E-state index contributed by atoms with van der Waals surface area (Å²) in [7, 11) is 1.98. The summed E-state index contributed by atoms with van der Waals surface area (Å²) >= 11 is 1.46. The molecule has 0 aliphatic rings. The molecule has 0 aliphatic carbocycles. The minimum atomic E-state index is 0.308. The number of aromatic nitrogens is 2. The van der Waals surface area contributed by atoms with Crippen molar-refractivity contribution in [1.82, 2.24) is 14.9 Å². The third-order valence-corrected chi connectivity index (χ3v) is 3.72. The first-order chi connectivity index (χ1) is 8.33. The van der Waals surface area contributed by atoms with Crippen LogP contribution in [0.2, 0.25) is 0 Å². The molecule has 3 nitrogen and oxygen atoms in total. The maximum Gasteiger partial charge on any atom is 0.0669 e.